The lowest BCUT2D eigenvalue weighted by atomic mass is 10.1. The Bertz CT molecular complexity index is 863. The van der Waals surface area contributed by atoms with Gasteiger partial charge in [0.1, 0.15) is 13.2 Å². The summed E-state index contributed by atoms with van der Waals surface area (Å²) < 4.78 is 37.0. The third kappa shape index (κ3) is 5.25. The first-order valence-electron chi connectivity index (χ1n) is 9.67. The fourth-order valence-corrected chi connectivity index (χ4v) is 4.51. The SMILES string of the molecule is CCS(=O)(=O)N1CC[NH+](Cc2ccc(OCc3ccccc3)c(OC)c2)CC1. The molecule has 152 valence electrons. The maximum Gasteiger partial charge on any atom is 0.214 e. The molecule has 0 saturated carbocycles. The first-order valence-corrected chi connectivity index (χ1v) is 11.3. The number of sulfonamides is 1. The van der Waals surface area contributed by atoms with Gasteiger partial charge in [0.15, 0.2) is 11.5 Å². The van der Waals surface area contributed by atoms with Gasteiger partial charge in [-0.15, -0.1) is 0 Å². The molecule has 0 amide bonds. The van der Waals surface area contributed by atoms with Gasteiger partial charge in [0.05, 0.1) is 39.0 Å². The second-order valence-corrected chi connectivity index (χ2v) is 9.24. The molecule has 1 heterocycles. The molecule has 1 saturated heterocycles. The Morgan fingerprint density at radius 2 is 1.71 bits per heavy atom. The maximum absolute atomic E-state index is 12.0. The third-order valence-corrected chi connectivity index (χ3v) is 6.99. The Morgan fingerprint density at radius 3 is 2.36 bits per heavy atom. The molecular weight excluding hydrogens is 376 g/mol. The van der Waals surface area contributed by atoms with Crippen LogP contribution in [0.15, 0.2) is 48.5 Å². The van der Waals surface area contributed by atoms with Crippen molar-refractivity contribution in [2.45, 2.75) is 20.1 Å². The molecule has 1 aliphatic rings. The number of hydrogen-bond donors (Lipinski definition) is 1. The van der Waals surface area contributed by atoms with E-state index in [-0.39, 0.29) is 5.75 Å². The zero-order chi connectivity index (χ0) is 20.0. The van der Waals surface area contributed by atoms with Crippen LogP contribution >= 0.6 is 0 Å². The fourth-order valence-electron chi connectivity index (χ4n) is 3.41. The standard InChI is InChI=1S/C21H28N2O4S/c1-3-28(24,25)23-13-11-22(12-14-23)16-19-9-10-20(21(15-19)26-2)27-17-18-7-5-4-6-8-18/h4-10,15H,3,11-14,16-17H2,1-2H3/p+1. The number of methoxy groups -OCH3 is 1. The molecule has 1 N–H and O–H groups in total. The van der Waals surface area contributed by atoms with E-state index < -0.39 is 10.0 Å². The van der Waals surface area contributed by atoms with Crippen LogP contribution in [0.25, 0.3) is 0 Å². The highest BCUT2D eigenvalue weighted by Crippen LogP contribution is 2.28. The van der Waals surface area contributed by atoms with Gasteiger partial charge in [0.2, 0.25) is 10.0 Å². The lowest BCUT2D eigenvalue weighted by Crippen LogP contribution is -3.13. The molecule has 0 bridgehead atoms. The topological polar surface area (TPSA) is 60.3 Å². The van der Waals surface area contributed by atoms with E-state index in [0.29, 0.717) is 19.7 Å². The number of nitrogens with zero attached hydrogens (tertiary/aromatic N) is 1. The largest absolute Gasteiger partial charge is 0.493 e. The number of nitrogens with one attached hydrogen (secondary N) is 1. The summed E-state index contributed by atoms with van der Waals surface area (Å²) >= 11 is 0. The molecule has 2 aromatic rings. The van der Waals surface area contributed by atoms with E-state index in [0.717, 1.165) is 42.3 Å². The summed E-state index contributed by atoms with van der Waals surface area (Å²) in [5.41, 5.74) is 2.27. The van der Waals surface area contributed by atoms with E-state index in [1.807, 2.05) is 42.5 Å². The van der Waals surface area contributed by atoms with Crippen molar-refractivity contribution < 1.29 is 22.8 Å². The van der Waals surface area contributed by atoms with Crippen molar-refractivity contribution >= 4 is 10.0 Å². The lowest BCUT2D eigenvalue weighted by Gasteiger charge is -2.31. The molecule has 1 aliphatic heterocycles. The zero-order valence-corrected chi connectivity index (χ0v) is 17.4. The molecular formula is C21H29N2O4S+. The van der Waals surface area contributed by atoms with Crippen LogP contribution in [0.3, 0.4) is 0 Å². The minimum absolute atomic E-state index is 0.171. The highest BCUT2D eigenvalue weighted by Gasteiger charge is 2.27. The van der Waals surface area contributed by atoms with Crippen LogP contribution in [0.4, 0.5) is 0 Å². The van der Waals surface area contributed by atoms with E-state index in [9.17, 15) is 8.42 Å². The van der Waals surface area contributed by atoms with Gasteiger partial charge in [0, 0.05) is 5.56 Å². The van der Waals surface area contributed by atoms with Crippen LogP contribution < -0.4 is 14.4 Å². The van der Waals surface area contributed by atoms with Gasteiger partial charge in [-0.2, -0.15) is 4.31 Å². The summed E-state index contributed by atoms with van der Waals surface area (Å²) in [5, 5.41) is 0. The quantitative estimate of drug-likeness (QED) is 0.720. The second-order valence-electron chi connectivity index (χ2n) is 6.99. The van der Waals surface area contributed by atoms with E-state index in [2.05, 4.69) is 6.07 Å². The average molecular weight is 406 g/mol. The molecule has 0 unspecified atom stereocenters. The summed E-state index contributed by atoms with van der Waals surface area (Å²) in [5.74, 6) is 1.62. The van der Waals surface area contributed by atoms with Crippen LogP contribution in [-0.2, 0) is 23.2 Å². The minimum atomic E-state index is -3.08. The number of rotatable bonds is 8. The Hall–Kier alpha value is -2.09. The monoisotopic (exact) mass is 405 g/mol. The van der Waals surface area contributed by atoms with Crippen molar-refractivity contribution in [1.29, 1.82) is 0 Å². The van der Waals surface area contributed by atoms with Gasteiger partial charge in [-0.25, -0.2) is 8.42 Å². The summed E-state index contributed by atoms with van der Waals surface area (Å²) in [4.78, 5) is 1.38. The molecule has 0 aliphatic carbocycles. The van der Waals surface area contributed by atoms with E-state index in [1.165, 1.54) is 4.90 Å². The number of ether oxygens (including phenoxy) is 2. The first kappa shape index (κ1) is 20.6. The van der Waals surface area contributed by atoms with Gasteiger partial charge in [-0.1, -0.05) is 30.3 Å². The van der Waals surface area contributed by atoms with Gasteiger partial charge < -0.3 is 14.4 Å². The van der Waals surface area contributed by atoms with Crippen molar-refractivity contribution in [1.82, 2.24) is 4.31 Å². The molecule has 1 fully saturated rings. The smallest absolute Gasteiger partial charge is 0.214 e. The summed E-state index contributed by atoms with van der Waals surface area (Å²) in [6.07, 6.45) is 0. The highest BCUT2D eigenvalue weighted by molar-refractivity contribution is 7.89. The van der Waals surface area contributed by atoms with Crippen LogP contribution in [0, 0.1) is 0 Å². The van der Waals surface area contributed by atoms with Crippen LogP contribution in [0.1, 0.15) is 18.1 Å². The normalized spacial score (nSPS) is 16.1. The van der Waals surface area contributed by atoms with E-state index in [1.54, 1.807) is 18.3 Å². The predicted molar refractivity (Wildman–Crippen MR) is 109 cm³/mol. The number of piperazine rings is 1. The van der Waals surface area contributed by atoms with Crippen LogP contribution in [-0.4, -0.2) is 51.8 Å². The second kappa shape index (κ2) is 9.41. The molecule has 0 aromatic heterocycles. The molecule has 28 heavy (non-hydrogen) atoms. The van der Waals surface area contributed by atoms with Gasteiger partial charge in [-0.3, -0.25) is 0 Å². The highest BCUT2D eigenvalue weighted by atomic mass is 32.2. The number of benzene rings is 2. The molecule has 7 heteroatoms. The van der Waals surface area contributed by atoms with Crippen molar-refractivity contribution in [2.24, 2.45) is 0 Å². The predicted octanol–water partition coefficient (Wildman–Crippen LogP) is 1.32. The van der Waals surface area contributed by atoms with Crippen molar-refractivity contribution in [3.63, 3.8) is 0 Å². The molecule has 6 nitrogen and oxygen atoms in total. The van der Waals surface area contributed by atoms with Crippen LogP contribution in [0.2, 0.25) is 0 Å². The van der Waals surface area contributed by atoms with E-state index in [4.69, 9.17) is 9.47 Å². The summed E-state index contributed by atoms with van der Waals surface area (Å²) in [7, 11) is -1.43. The molecule has 0 spiro atoms. The van der Waals surface area contributed by atoms with E-state index >= 15 is 0 Å². The van der Waals surface area contributed by atoms with Crippen molar-refractivity contribution in [2.75, 3.05) is 39.0 Å². The van der Waals surface area contributed by atoms with Crippen LogP contribution in [0.5, 0.6) is 11.5 Å². The Labute approximate surface area is 167 Å². The Morgan fingerprint density at radius 1 is 1.00 bits per heavy atom. The van der Waals surface area contributed by atoms with Crippen molar-refractivity contribution in [3.05, 3.63) is 59.7 Å². The van der Waals surface area contributed by atoms with Gasteiger partial charge >= 0.3 is 0 Å². The Kier molecular flexibility index (Phi) is 6.93. The zero-order valence-electron chi connectivity index (χ0n) is 16.6. The van der Waals surface area contributed by atoms with Gasteiger partial charge in [-0.05, 0) is 30.7 Å². The molecule has 0 atom stereocenters. The summed E-state index contributed by atoms with van der Waals surface area (Å²) in [6, 6.07) is 16.1. The van der Waals surface area contributed by atoms with Crippen molar-refractivity contribution in [3.8, 4) is 11.5 Å². The molecule has 0 radical (unpaired) electrons. The first-order chi connectivity index (χ1) is 13.5. The number of hydrogen-bond acceptors (Lipinski definition) is 4. The maximum atomic E-state index is 12.0. The molecule has 2 aromatic carbocycles. The fraction of sp³-hybridized carbons (Fsp3) is 0.429. The molecule has 3 rings (SSSR count). The Balaban J connectivity index is 1.58. The third-order valence-electron chi connectivity index (χ3n) is 5.11. The lowest BCUT2D eigenvalue weighted by molar-refractivity contribution is -0.917. The minimum Gasteiger partial charge on any atom is -0.493 e. The number of quaternary nitrogens is 1. The average Bonchev–Trinajstić information content (AvgIpc) is 2.74. The summed E-state index contributed by atoms with van der Waals surface area (Å²) in [6.45, 7) is 5.83. The van der Waals surface area contributed by atoms with Gasteiger partial charge in [0.25, 0.3) is 0 Å².